The van der Waals surface area contributed by atoms with E-state index in [0.29, 0.717) is 18.7 Å². The van der Waals surface area contributed by atoms with Crippen LogP contribution in [0.25, 0.3) is 5.65 Å². The second-order valence-electron chi connectivity index (χ2n) is 5.79. The van der Waals surface area contributed by atoms with Crippen molar-refractivity contribution >= 4 is 11.6 Å². The van der Waals surface area contributed by atoms with Crippen LogP contribution in [-0.2, 0) is 0 Å². The molecule has 1 N–H and O–H groups in total. The van der Waals surface area contributed by atoms with Gasteiger partial charge >= 0.3 is 0 Å². The predicted molar refractivity (Wildman–Crippen MR) is 84.2 cm³/mol. The molecule has 0 aliphatic carbocycles. The van der Waals surface area contributed by atoms with E-state index in [9.17, 15) is 9.59 Å². The van der Waals surface area contributed by atoms with Crippen LogP contribution in [0.1, 0.15) is 28.8 Å². The first kappa shape index (κ1) is 14.7. The van der Waals surface area contributed by atoms with Crippen LogP contribution in [0, 0.1) is 6.92 Å². The van der Waals surface area contributed by atoms with Crippen molar-refractivity contribution in [3.63, 3.8) is 0 Å². The molecule has 6 nitrogen and oxygen atoms in total. The monoisotopic (exact) mass is 300 g/mol. The Kier molecular flexibility index (Phi) is 3.94. The highest BCUT2D eigenvalue weighted by Gasteiger charge is 2.25. The number of pyridine rings is 1. The predicted octanol–water partition coefficient (Wildman–Crippen LogP) is 0.827. The molecule has 22 heavy (non-hydrogen) atoms. The van der Waals surface area contributed by atoms with Crippen molar-refractivity contribution in [1.29, 1.82) is 0 Å². The summed E-state index contributed by atoms with van der Waals surface area (Å²) in [6.07, 6.45) is 5.11. The number of piperidine rings is 1. The molecule has 0 bridgehead atoms. The summed E-state index contributed by atoms with van der Waals surface area (Å²) in [5.74, 6) is -0.228. The molecule has 1 aliphatic heterocycles. The Morgan fingerprint density at radius 1 is 1.41 bits per heavy atom. The summed E-state index contributed by atoms with van der Waals surface area (Å²) in [6, 6.07) is 3.96. The first-order valence-corrected chi connectivity index (χ1v) is 7.54. The third-order valence-electron chi connectivity index (χ3n) is 4.20. The molecule has 1 saturated heterocycles. The van der Waals surface area contributed by atoms with Crippen LogP contribution in [0.5, 0.6) is 0 Å². The summed E-state index contributed by atoms with van der Waals surface area (Å²) in [6.45, 7) is 3.22. The number of likely N-dealkylation sites (tertiary alicyclic amines) is 1. The minimum absolute atomic E-state index is 0.139. The third-order valence-corrected chi connectivity index (χ3v) is 4.20. The molecule has 2 aromatic rings. The lowest BCUT2D eigenvalue weighted by atomic mass is 10.1. The fourth-order valence-electron chi connectivity index (χ4n) is 2.90. The quantitative estimate of drug-likeness (QED) is 0.892. The van der Waals surface area contributed by atoms with Gasteiger partial charge in [-0.05, 0) is 38.4 Å². The second kappa shape index (κ2) is 5.88. The Morgan fingerprint density at radius 2 is 2.23 bits per heavy atom. The van der Waals surface area contributed by atoms with E-state index in [1.165, 1.54) is 10.6 Å². The van der Waals surface area contributed by atoms with Crippen LogP contribution in [0.15, 0.2) is 29.3 Å². The van der Waals surface area contributed by atoms with Crippen molar-refractivity contribution in [3.8, 4) is 0 Å². The molecular formula is C16H20N4O2. The Balaban J connectivity index is 1.97. The number of fused-ring (bicyclic) bond motifs is 1. The van der Waals surface area contributed by atoms with Gasteiger partial charge in [-0.3, -0.25) is 14.0 Å². The second-order valence-corrected chi connectivity index (χ2v) is 5.79. The van der Waals surface area contributed by atoms with Crippen LogP contribution in [0.3, 0.4) is 0 Å². The van der Waals surface area contributed by atoms with E-state index in [0.717, 1.165) is 18.4 Å². The van der Waals surface area contributed by atoms with Crippen LogP contribution in [-0.4, -0.2) is 46.4 Å². The zero-order chi connectivity index (χ0) is 15.7. The van der Waals surface area contributed by atoms with Crippen LogP contribution in [0.2, 0.25) is 0 Å². The summed E-state index contributed by atoms with van der Waals surface area (Å²) in [7, 11) is 1.90. The molecule has 3 rings (SSSR count). The molecule has 1 atom stereocenters. The topological polar surface area (TPSA) is 66.7 Å². The summed E-state index contributed by atoms with van der Waals surface area (Å²) in [5, 5.41) is 3.20. The number of hydrogen-bond acceptors (Lipinski definition) is 4. The van der Waals surface area contributed by atoms with Gasteiger partial charge in [0.1, 0.15) is 11.2 Å². The molecule has 1 amide bonds. The average molecular weight is 300 g/mol. The summed E-state index contributed by atoms with van der Waals surface area (Å²) < 4.78 is 1.45. The maximum Gasteiger partial charge on any atom is 0.270 e. The number of aromatic nitrogens is 2. The molecule has 1 fully saturated rings. The van der Waals surface area contributed by atoms with E-state index in [4.69, 9.17) is 0 Å². The van der Waals surface area contributed by atoms with E-state index < -0.39 is 0 Å². The van der Waals surface area contributed by atoms with Crippen LogP contribution < -0.4 is 10.9 Å². The largest absolute Gasteiger partial charge is 0.337 e. The van der Waals surface area contributed by atoms with E-state index in [2.05, 4.69) is 10.3 Å². The lowest BCUT2D eigenvalue weighted by Crippen LogP contribution is -2.48. The number of aryl methyl sites for hydroxylation is 1. The Morgan fingerprint density at radius 3 is 3.00 bits per heavy atom. The van der Waals surface area contributed by atoms with Crippen molar-refractivity contribution in [3.05, 3.63) is 46.0 Å². The van der Waals surface area contributed by atoms with Crippen molar-refractivity contribution in [2.45, 2.75) is 25.8 Å². The first-order chi connectivity index (χ1) is 10.6. The van der Waals surface area contributed by atoms with Crippen molar-refractivity contribution in [2.75, 3.05) is 20.1 Å². The van der Waals surface area contributed by atoms with E-state index in [-0.39, 0.29) is 23.1 Å². The molecular weight excluding hydrogens is 280 g/mol. The molecule has 1 unspecified atom stereocenters. The van der Waals surface area contributed by atoms with Crippen LogP contribution in [0.4, 0.5) is 0 Å². The molecule has 6 heteroatoms. The van der Waals surface area contributed by atoms with Gasteiger partial charge in [-0.2, -0.15) is 0 Å². The van der Waals surface area contributed by atoms with E-state index in [1.807, 2.05) is 20.0 Å². The van der Waals surface area contributed by atoms with Crippen LogP contribution >= 0.6 is 0 Å². The smallest absolute Gasteiger partial charge is 0.270 e. The zero-order valence-electron chi connectivity index (χ0n) is 12.9. The summed E-state index contributed by atoms with van der Waals surface area (Å²) in [4.78, 5) is 31.2. The fourth-order valence-corrected chi connectivity index (χ4v) is 2.90. The number of amides is 1. The molecule has 0 radical (unpaired) electrons. The molecule has 0 spiro atoms. The molecule has 116 valence electrons. The number of carbonyl (C=O) groups excluding carboxylic acids is 1. The van der Waals surface area contributed by atoms with Gasteiger partial charge in [0.2, 0.25) is 0 Å². The molecule has 3 heterocycles. The zero-order valence-corrected chi connectivity index (χ0v) is 12.9. The van der Waals surface area contributed by atoms with Gasteiger partial charge in [-0.15, -0.1) is 0 Å². The van der Waals surface area contributed by atoms with Gasteiger partial charge in [0.15, 0.2) is 0 Å². The number of carbonyl (C=O) groups is 1. The Labute approximate surface area is 128 Å². The van der Waals surface area contributed by atoms with Gasteiger partial charge < -0.3 is 10.2 Å². The molecule has 1 aliphatic rings. The molecule has 0 aromatic carbocycles. The van der Waals surface area contributed by atoms with E-state index in [1.54, 1.807) is 17.2 Å². The standard InChI is InChI=1S/C16H20N4O2/c1-11-5-6-14-18-8-13(16(22)20(14)9-11)15(21)19-7-3-4-12(10-19)17-2/h5-6,8-9,12,17H,3-4,7,10H2,1-2H3. The third kappa shape index (κ3) is 2.62. The summed E-state index contributed by atoms with van der Waals surface area (Å²) in [5.41, 5.74) is 1.35. The lowest BCUT2D eigenvalue weighted by Gasteiger charge is -2.32. The Bertz CT molecular complexity index is 768. The summed E-state index contributed by atoms with van der Waals surface area (Å²) >= 11 is 0. The Hall–Kier alpha value is -2.21. The molecule has 0 saturated carbocycles. The van der Waals surface area contributed by atoms with Gasteiger partial charge in [0.05, 0.1) is 0 Å². The van der Waals surface area contributed by atoms with Gasteiger partial charge in [-0.25, -0.2) is 4.98 Å². The highest BCUT2D eigenvalue weighted by atomic mass is 16.2. The van der Waals surface area contributed by atoms with Crippen molar-refractivity contribution in [2.24, 2.45) is 0 Å². The lowest BCUT2D eigenvalue weighted by molar-refractivity contribution is 0.0695. The molecule has 2 aromatic heterocycles. The van der Waals surface area contributed by atoms with Crippen molar-refractivity contribution in [1.82, 2.24) is 19.6 Å². The first-order valence-electron chi connectivity index (χ1n) is 7.54. The number of hydrogen-bond donors (Lipinski definition) is 1. The minimum atomic E-state index is -0.301. The number of nitrogens with zero attached hydrogens (tertiary/aromatic N) is 3. The normalized spacial score (nSPS) is 18.6. The van der Waals surface area contributed by atoms with Gasteiger partial charge in [-0.1, -0.05) is 6.07 Å². The number of rotatable bonds is 2. The SMILES string of the molecule is CNC1CCCN(C(=O)c2cnc3ccc(C)cn3c2=O)C1. The van der Waals surface area contributed by atoms with Gasteiger partial charge in [0, 0.05) is 31.5 Å². The number of likely N-dealkylation sites (N-methyl/N-ethyl adjacent to an activating group) is 1. The highest BCUT2D eigenvalue weighted by molar-refractivity contribution is 5.93. The minimum Gasteiger partial charge on any atom is -0.337 e. The highest BCUT2D eigenvalue weighted by Crippen LogP contribution is 2.12. The van der Waals surface area contributed by atoms with Gasteiger partial charge in [0.25, 0.3) is 11.5 Å². The maximum absolute atomic E-state index is 12.7. The maximum atomic E-state index is 12.7. The fraction of sp³-hybridized carbons (Fsp3) is 0.438. The average Bonchev–Trinajstić information content (AvgIpc) is 2.55. The van der Waals surface area contributed by atoms with E-state index >= 15 is 0 Å². The van der Waals surface area contributed by atoms with Crippen molar-refractivity contribution < 1.29 is 4.79 Å². The number of nitrogens with one attached hydrogen (secondary N) is 1.